The van der Waals surface area contributed by atoms with E-state index in [2.05, 4.69) is 9.72 Å². The number of hydrogen-bond acceptors (Lipinski definition) is 4. The summed E-state index contributed by atoms with van der Waals surface area (Å²) in [5.41, 5.74) is 1.27. The van der Waals surface area contributed by atoms with E-state index < -0.39 is 5.97 Å². The molecule has 0 spiro atoms. The lowest BCUT2D eigenvalue weighted by molar-refractivity contribution is -0.140. The Bertz CT molecular complexity index is 694. The van der Waals surface area contributed by atoms with Crippen LogP contribution in [0, 0.1) is 6.92 Å². The molecule has 0 fully saturated rings. The van der Waals surface area contributed by atoms with Gasteiger partial charge in [0.25, 0.3) is 5.56 Å². The molecule has 0 amide bonds. The Morgan fingerprint density at radius 1 is 1.47 bits per heavy atom. The number of benzene rings is 1. The van der Waals surface area contributed by atoms with E-state index in [1.165, 1.54) is 11.7 Å². The van der Waals surface area contributed by atoms with Crippen LogP contribution in [0.15, 0.2) is 23.0 Å². The van der Waals surface area contributed by atoms with Crippen LogP contribution in [-0.2, 0) is 16.1 Å². The SMILES string of the molecule is COC(=O)CCn1c(Cl)nc2ccc(C)cc2c1=O. The van der Waals surface area contributed by atoms with Gasteiger partial charge < -0.3 is 4.74 Å². The minimum absolute atomic E-state index is 0.0743. The van der Waals surface area contributed by atoms with Crippen LogP contribution < -0.4 is 5.56 Å². The molecule has 1 aromatic heterocycles. The average molecular weight is 281 g/mol. The maximum absolute atomic E-state index is 12.3. The summed E-state index contributed by atoms with van der Waals surface area (Å²) in [6.07, 6.45) is 0.0785. The highest BCUT2D eigenvalue weighted by Crippen LogP contribution is 2.13. The second kappa shape index (κ2) is 5.40. The number of aryl methyl sites for hydroxylation is 1. The molecule has 2 aromatic rings. The fourth-order valence-electron chi connectivity index (χ4n) is 1.81. The average Bonchev–Trinajstić information content (AvgIpc) is 2.39. The van der Waals surface area contributed by atoms with Crippen molar-refractivity contribution in [2.45, 2.75) is 19.9 Å². The monoisotopic (exact) mass is 280 g/mol. The van der Waals surface area contributed by atoms with Gasteiger partial charge in [0.1, 0.15) is 0 Å². The first-order valence-corrected chi connectivity index (χ1v) is 6.14. The predicted octanol–water partition coefficient (Wildman–Crippen LogP) is 1.92. The van der Waals surface area contributed by atoms with Crippen LogP contribution in [0.25, 0.3) is 10.9 Å². The normalized spacial score (nSPS) is 10.7. The first-order chi connectivity index (χ1) is 9.02. The minimum Gasteiger partial charge on any atom is -0.469 e. The lowest BCUT2D eigenvalue weighted by Crippen LogP contribution is -2.23. The number of methoxy groups -OCH3 is 1. The van der Waals surface area contributed by atoms with Gasteiger partial charge in [0.05, 0.1) is 24.4 Å². The van der Waals surface area contributed by atoms with Gasteiger partial charge in [-0.3, -0.25) is 14.2 Å². The number of rotatable bonds is 3. The van der Waals surface area contributed by atoms with Crippen LogP contribution in [-0.4, -0.2) is 22.6 Å². The molecule has 0 saturated carbocycles. The second-order valence-corrected chi connectivity index (χ2v) is 4.52. The molecule has 0 aliphatic rings. The highest BCUT2D eigenvalue weighted by molar-refractivity contribution is 6.28. The third kappa shape index (κ3) is 2.76. The van der Waals surface area contributed by atoms with E-state index in [4.69, 9.17) is 11.6 Å². The quantitative estimate of drug-likeness (QED) is 0.637. The third-order valence-electron chi connectivity index (χ3n) is 2.83. The Labute approximate surface area is 114 Å². The van der Waals surface area contributed by atoms with Crippen molar-refractivity contribution in [2.75, 3.05) is 7.11 Å². The summed E-state index contributed by atoms with van der Waals surface area (Å²) in [4.78, 5) is 27.6. The zero-order valence-electron chi connectivity index (χ0n) is 10.6. The molecule has 0 radical (unpaired) electrons. The van der Waals surface area contributed by atoms with Crippen LogP contribution in [0.1, 0.15) is 12.0 Å². The molecule has 0 aliphatic heterocycles. The molecular weight excluding hydrogens is 268 g/mol. The van der Waals surface area contributed by atoms with Gasteiger partial charge in [-0.1, -0.05) is 11.6 Å². The van der Waals surface area contributed by atoms with E-state index in [0.717, 1.165) is 5.56 Å². The summed E-state index contributed by atoms with van der Waals surface area (Å²) in [6.45, 7) is 2.05. The van der Waals surface area contributed by atoms with Gasteiger partial charge in [-0.15, -0.1) is 0 Å². The summed E-state index contributed by atoms with van der Waals surface area (Å²) in [5.74, 6) is -0.396. The molecule has 0 N–H and O–H groups in total. The van der Waals surface area contributed by atoms with Gasteiger partial charge in [0, 0.05) is 6.54 Å². The van der Waals surface area contributed by atoms with Crippen LogP contribution in [0.5, 0.6) is 0 Å². The highest BCUT2D eigenvalue weighted by atomic mass is 35.5. The lowest BCUT2D eigenvalue weighted by atomic mass is 10.2. The Kier molecular flexibility index (Phi) is 3.85. The molecule has 0 aliphatic carbocycles. The molecule has 0 atom stereocenters. The number of ether oxygens (including phenoxy) is 1. The van der Waals surface area contributed by atoms with Crippen molar-refractivity contribution >= 4 is 28.5 Å². The number of nitrogens with zero attached hydrogens (tertiary/aromatic N) is 2. The number of carbonyl (C=O) groups is 1. The van der Waals surface area contributed by atoms with Crippen LogP contribution in [0.4, 0.5) is 0 Å². The molecule has 0 saturated heterocycles. The molecule has 2 rings (SSSR count). The summed E-state index contributed by atoms with van der Waals surface area (Å²) in [7, 11) is 1.30. The molecule has 0 unspecified atom stereocenters. The predicted molar refractivity (Wildman–Crippen MR) is 72.4 cm³/mol. The summed E-state index contributed by atoms with van der Waals surface area (Å²) in [6, 6.07) is 5.38. The zero-order chi connectivity index (χ0) is 14.0. The summed E-state index contributed by atoms with van der Waals surface area (Å²) < 4.78 is 5.82. The fourth-order valence-corrected chi connectivity index (χ4v) is 2.06. The fraction of sp³-hybridized carbons (Fsp3) is 0.308. The Morgan fingerprint density at radius 3 is 2.89 bits per heavy atom. The van der Waals surface area contributed by atoms with E-state index in [0.29, 0.717) is 10.9 Å². The van der Waals surface area contributed by atoms with Crippen molar-refractivity contribution in [3.8, 4) is 0 Å². The lowest BCUT2D eigenvalue weighted by Gasteiger charge is -2.08. The van der Waals surface area contributed by atoms with Gasteiger partial charge in [-0.2, -0.15) is 0 Å². The number of esters is 1. The molecule has 1 heterocycles. The first kappa shape index (κ1) is 13.5. The van der Waals surface area contributed by atoms with Crippen molar-refractivity contribution in [3.63, 3.8) is 0 Å². The van der Waals surface area contributed by atoms with E-state index in [9.17, 15) is 9.59 Å². The van der Waals surface area contributed by atoms with Crippen molar-refractivity contribution in [1.82, 2.24) is 9.55 Å². The van der Waals surface area contributed by atoms with Crippen molar-refractivity contribution in [2.24, 2.45) is 0 Å². The highest BCUT2D eigenvalue weighted by Gasteiger charge is 2.11. The molecule has 19 heavy (non-hydrogen) atoms. The Morgan fingerprint density at radius 2 is 2.21 bits per heavy atom. The molecule has 1 aromatic carbocycles. The number of aromatic nitrogens is 2. The van der Waals surface area contributed by atoms with E-state index in [-0.39, 0.29) is 23.8 Å². The largest absolute Gasteiger partial charge is 0.469 e. The number of carbonyl (C=O) groups excluding carboxylic acids is 1. The van der Waals surface area contributed by atoms with Crippen molar-refractivity contribution < 1.29 is 9.53 Å². The summed E-state index contributed by atoms with van der Waals surface area (Å²) in [5, 5.41) is 0.569. The van der Waals surface area contributed by atoms with E-state index >= 15 is 0 Å². The molecule has 100 valence electrons. The zero-order valence-corrected chi connectivity index (χ0v) is 11.4. The first-order valence-electron chi connectivity index (χ1n) is 5.76. The standard InChI is InChI=1S/C13H13ClN2O3/c1-8-3-4-10-9(7-8)12(18)16(13(14)15-10)6-5-11(17)19-2/h3-4,7H,5-6H2,1-2H3. The topological polar surface area (TPSA) is 61.2 Å². The van der Waals surface area contributed by atoms with Crippen LogP contribution in [0.2, 0.25) is 5.28 Å². The maximum atomic E-state index is 12.3. The van der Waals surface area contributed by atoms with Gasteiger partial charge in [-0.25, -0.2) is 4.98 Å². The smallest absolute Gasteiger partial charge is 0.307 e. The molecule has 0 bridgehead atoms. The Balaban J connectivity index is 2.49. The third-order valence-corrected chi connectivity index (χ3v) is 3.12. The molecule has 6 heteroatoms. The number of halogens is 1. The van der Waals surface area contributed by atoms with Crippen molar-refractivity contribution in [3.05, 3.63) is 39.4 Å². The second-order valence-electron chi connectivity index (χ2n) is 4.18. The Hall–Kier alpha value is -1.88. The summed E-state index contributed by atoms with van der Waals surface area (Å²) >= 11 is 5.97. The van der Waals surface area contributed by atoms with E-state index in [1.807, 2.05) is 13.0 Å². The molecule has 5 nitrogen and oxygen atoms in total. The van der Waals surface area contributed by atoms with Crippen LogP contribution >= 0.6 is 11.6 Å². The minimum atomic E-state index is -0.396. The van der Waals surface area contributed by atoms with Gasteiger partial charge in [0.2, 0.25) is 5.28 Å². The van der Waals surface area contributed by atoms with Crippen LogP contribution in [0.3, 0.4) is 0 Å². The molecular formula is C13H13ClN2O3. The van der Waals surface area contributed by atoms with Gasteiger partial charge in [-0.05, 0) is 30.7 Å². The maximum Gasteiger partial charge on any atom is 0.307 e. The van der Waals surface area contributed by atoms with E-state index in [1.54, 1.807) is 12.1 Å². The van der Waals surface area contributed by atoms with Crippen molar-refractivity contribution in [1.29, 1.82) is 0 Å². The van der Waals surface area contributed by atoms with Gasteiger partial charge >= 0.3 is 5.97 Å². The number of hydrogen-bond donors (Lipinski definition) is 0. The van der Waals surface area contributed by atoms with Gasteiger partial charge in [0.15, 0.2) is 0 Å². The number of fused-ring (bicyclic) bond motifs is 1.